The van der Waals surface area contributed by atoms with Crippen LogP contribution in [0.5, 0.6) is 0 Å². The van der Waals surface area contributed by atoms with Crippen molar-refractivity contribution in [1.82, 2.24) is 9.88 Å². The van der Waals surface area contributed by atoms with Gasteiger partial charge < -0.3 is 10.6 Å². The molecule has 1 fully saturated rings. The van der Waals surface area contributed by atoms with Crippen molar-refractivity contribution < 1.29 is 4.79 Å². The van der Waals surface area contributed by atoms with Crippen LogP contribution >= 0.6 is 0 Å². The average molecular weight is 205 g/mol. The number of nitrogens with zero attached hydrogens (tertiary/aromatic N) is 2. The SMILES string of the molecule is CN1C(=O)C[C@@H](CN)[C@H]1c1cccnc1. The highest BCUT2D eigenvalue weighted by molar-refractivity contribution is 5.79. The lowest BCUT2D eigenvalue weighted by molar-refractivity contribution is -0.127. The van der Waals surface area contributed by atoms with E-state index in [2.05, 4.69) is 4.98 Å². The van der Waals surface area contributed by atoms with Crippen LogP contribution in [0.25, 0.3) is 0 Å². The maximum atomic E-state index is 11.6. The van der Waals surface area contributed by atoms with Crippen LogP contribution < -0.4 is 5.73 Å². The minimum atomic E-state index is 0.0937. The number of amides is 1. The molecule has 0 spiro atoms. The quantitative estimate of drug-likeness (QED) is 0.767. The van der Waals surface area contributed by atoms with Crippen molar-refractivity contribution in [3.05, 3.63) is 30.1 Å². The van der Waals surface area contributed by atoms with Crippen LogP contribution in [0, 0.1) is 5.92 Å². The van der Waals surface area contributed by atoms with Crippen LogP contribution in [-0.2, 0) is 4.79 Å². The second-order valence-corrected chi connectivity index (χ2v) is 3.94. The van der Waals surface area contributed by atoms with Crippen molar-refractivity contribution in [2.75, 3.05) is 13.6 Å². The predicted octanol–water partition coefficient (Wildman–Crippen LogP) is 0.560. The fraction of sp³-hybridized carbons (Fsp3) is 0.455. The van der Waals surface area contributed by atoms with Gasteiger partial charge >= 0.3 is 0 Å². The van der Waals surface area contributed by atoms with Crippen molar-refractivity contribution in [3.8, 4) is 0 Å². The molecule has 2 atom stereocenters. The third kappa shape index (κ3) is 1.72. The van der Waals surface area contributed by atoms with Crippen LogP contribution in [-0.4, -0.2) is 29.4 Å². The van der Waals surface area contributed by atoms with Crippen LogP contribution in [0.4, 0.5) is 0 Å². The molecule has 2 rings (SSSR count). The summed E-state index contributed by atoms with van der Waals surface area (Å²) in [6.45, 7) is 0.537. The Morgan fingerprint density at radius 2 is 2.47 bits per heavy atom. The highest BCUT2D eigenvalue weighted by Gasteiger charge is 2.37. The van der Waals surface area contributed by atoms with Gasteiger partial charge in [0.05, 0.1) is 6.04 Å². The maximum absolute atomic E-state index is 11.6. The highest BCUT2D eigenvalue weighted by atomic mass is 16.2. The smallest absolute Gasteiger partial charge is 0.223 e. The topological polar surface area (TPSA) is 59.2 Å². The summed E-state index contributed by atoms with van der Waals surface area (Å²) in [4.78, 5) is 17.4. The van der Waals surface area contributed by atoms with Crippen LogP contribution in [0.15, 0.2) is 24.5 Å². The summed E-state index contributed by atoms with van der Waals surface area (Å²) in [7, 11) is 1.83. The third-order valence-corrected chi connectivity index (χ3v) is 3.02. The molecule has 1 amide bonds. The largest absolute Gasteiger partial charge is 0.338 e. The molecule has 1 aromatic rings. The molecule has 1 saturated heterocycles. The number of carbonyl (C=O) groups is 1. The van der Waals surface area contributed by atoms with E-state index in [-0.39, 0.29) is 17.9 Å². The number of likely N-dealkylation sites (tertiary alicyclic amines) is 1. The van der Waals surface area contributed by atoms with Gasteiger partial charge in [-0.2, -0.15) is 0 Å². The summed E-state index contributed by atoms with van der Waals surface area (Å²) in [6.07, 6.45) is 4.09. The van der Waals surface area contributed by atoms with E-state index in [1.165, 1.54) is 0 Å². The molecule has 0 aliphatic carbocycles. The molecule has 80 valence electrons. The molecule has 4 heteroatoms. The number of hydrogen-bond acceptors (Lipinski definition) is 3. The monoisotopic (exact) mass is 205 g/mol. The summed E-state index contributed by atoms with van der Waals surface area (Å²) in [6, 6.07) is 3.98. The molecule has 0 saturated carbocycles. The van der Waals surface area contributed by atoms with Gasteiger partial charge in [0.2, 0.25) is 5.91 Å². The molecule has 0 aromatic carbocycles. The molecule has 0 radical (unpaired) electrons. The van der Waals surface area contributed by atoms with Gasteiger partial charge in [0, 0.05) is 31.8 Å². The Labute approximate surface area is 89.1 Å². The molecule has 15 heavy (non-hydrogen) atoms. The van der Waals surface area contributed by atoms with Crippen molar-refractivity contribution in [3.63, 3.8) is 0 Å². The molecule has 2 N–H and O–H groups in total. The molecule has 1 aliphatic rings. The standard InChI is InChI=1S/C11H15N3O/c1-14-10(15)5-9(6-12)11(14)8-3-2-4-13-7-8/h2-4,7,9,11H,5-6,12H2,1H3/t9-,11+/m0/s1. The summed E-state index contributed by atoms with van der Waals surface area (Å²) < 4.78 is 0. The molecule has 1 aliphatic heterocycles. The zero-order valence-electron chi connectivity index (χ0n) is 8.76. The number of hydrogen-bond donors (Lipinski definition) is 1. The van der Waals surface area contributed by atoms with E-state index in [0.29, 0.717) is 13.0 Å². The highest BCUT2D eigenvalue weighted by Crippen LogP contribution is 2.35. The van der Waals surface area contributed by atoms with Crippen LogP contribution in [0.1, 0.15) is 18.0 Å². The minimum Gasteiger partial charge on any atom is -0.338 e. The first-order valence-corrected chi connectivity index (χ1v) is 5.09. The first-order chi connectivity index (χ1) is 7.24. The first-order valence-electron chi connectivity index (χ1n) is 5.09. The van der Waals surface area contributed by atoms with E-state index in [9.17, 15) is 4.79 Å². The van der Waals surface area contributed by atoms with Crippen molar-refractivity contribution >= 4 is 5.91 Å². The lowest BCUT2D eigenvalue weighted by atomic mass is 9.95. The van der Waals surface area contributed by atoms with Gasteiger partial charge in [0.15, 0.2) is 0 Å². The Morgan fingerprint density at radius 1 is 1.67 bits per heavy atom. The van der Waals surface area contributed by atoms with Gasteiger partial charge in [-0.1, -0.05) is 6.07 Å². The van der Waals surface area contributed by atoms with Gasteiger partial charge in [0.1, 0.15) is 0 Å². The van der Waals surface area contributed by atoms with E-state index >= 15 is 0 Å². The van der Waals surface area contributed by atoms with Crippen LogP contribution in [0.3, 0.4) is 0 Å². The van der Waals surface area contributed by atoms with Gasteiger partial charge in [-0.05, 0) is 18.2 Å². The summed E-state index contributed by atoms with van der Waals surface area (Å²) in [5.74, 6) is 0.381. The normalized spacial score (nSPS) is 26.0. The Bertz CT molecular complexity index is 352. The lowest BCUT2D eigenvalue weighted by Crippen LogP contribution is -2.26. The fourth-order valence-corrected chi connectivity index (χ4v) is 2.21. The minimum absolute atomic E-state index is 0.0937. The number of rotatable bonds is 2. The van der Waals surface area contributed by atoms with Gasteiger partial charge in [-0.25, -0.2) is 0 Å². The number of pyridine rings is 1. The molecule has 1 aromatic heterocycles. The average Bonchev–Trinajstić information content (AvgIpc) is 2.56. The third-order valence-electron chi connectivity index (χ3n) is 3.02. The van der Waals surface area contributed by atoms with Crippen molar-refractivity contribution in [2.45, 2.75) is 12.5 Å². The number of nitrogens with two attached hydrogens (primary N) is 1. The second kappa shape index (κ2) is 3.98. The predicted molar refractivity (Wildman–Crippen MR) is 56.9 cm³/mol. The zero-order valence-corrected chi connectivity index (χ0v) is 8.76. The Kier molecular flexibility index (Phi) is 2.68. The zero-order chi connectivity index (χ0) is 10.8. The number of aromatic nitrogens is 1. The molecule has 2 heterocycles. The second-order valence-electron chi connectivity index (χ2n) is 3.94. The van der Waals surface area contributed by atoms with E-state index in [0.717, 1.165) is 5.56 Å². The maximum Gasteiger partial charge on any atom is 0.223 e. The van der Waals surface area contributed by atoms with Gasteiger partial charge in [-0.15, -0.1) is 0 Å². The Morgan fingerprint density at radius 3 is 3.07 bits per heavy atom. The Balaban J connectivity index is 2.30. The van der Waals surface area contributed by atoms with E-state index in [1.807, 2.05) is 25.4 Å². The molecule has 0 unspecified atom stereocenters. The number of carbonyl (C=O) groups excluding carboxylic acids is 1. The molecular formula is C11H15N3O. The van der Waals surface area contributed by atoms with Gasteiger partial charge in [-0.3, -0.25) is 9.78 Å². The van der Waals surface area contributed by atoms with E-state index in [4.69, 9.17) is 5.73 Å². The molecular weight excluding hydrogens is 190 g/mol. The summed E-state index contributed by atoms with van der Waals surface area (Å²) in [5, 5.41) is 0. The first kappa shape index (κ1) is 10.1. The van der Waals surface area contributed by atoms with E-state index in [1.54, 1.807) is 11.1 Å². The fourth-order valence-electron chi connectivity index (χ4n) is 2.21. The van der Waals surface area contributed by atoms with Crippen molar-refractivity contribution in [1.29, 1.82) is 0 Å². The summed E-state index contributed by atoms with van der Waals surface area (Å²) in [5.41, 5.74) is 6.76. The van der Waals surface area contributed by atoms with Crippen molar-refractivity contribution in [2.24, 2.45) is 11.7 Å². The Hall–Kier alpha value is -1.42. The molecule has 0 bridgehead atoms. The summed E-state index contributed by atoms with van der Waals surface area (Å²) >= 11 is 0. The van der Waals surface area contributed by atoms with Gasteiger partial charge in [0.25, 0.3) is 0 Å². The lowest BCUT2D eigenvalue weighted by Gasteiger charge is -2.24. The van der Waals surface area contributed by atoms with Crippen LogP contribution in [0.2, 0.25) is 0 Å². The van der Waals surface area contributed by atoms with E-state index < -0.39 is 0 Å². The molecule has 4 nitrogen and oxygen atoms in total.